The Balaban J connectivity index is 1.56. The molecule has 0 saturated carbocycles. The topological polar surface area (TPSA) is 40.6 Å². The fourth-order valence-electron chi connectivity index (χ4n) is 4.63. The highest BCUT2D eigenvalue weighted by molar-refractivity contribution is 5.83. The summed E-state index contributed by atoms with van der Waals surface area (Å²) in [7, 11) is 0. The van der Waals surface area contributed by atoms with Crippen LogP contribution in [0.15, 0.2) is 24.3 Å². The Morgan fingerprint density at radius 2 is 1.78 bits per heavy atom. The summed E-state index contributed by atoms with van der Waals surface area (Å²) in [6.07, 6.45) is 4.27. The first-order valence-corrected chi connectivity index (χ1v) is 10.5. The van der Waals surface area contributed by atoms with Crippen molar-refractivity contribution in [2.45, 2.75) is 65.3 Å². The molecule has 0 bridgehead atoms. The molecule has 2 fully saturated rings. The summed E-state index contributed by atoms with van der Waals surface area (Å²) in [6, 6.07) is 9.04. The number of ketones is 1. The minimum atomic E-state index is 0.101. The summed E-state index contributed by atoms with van der Waals surface area (Å²) in [5.41, 5.74) is 3.02. The van der Waals surface area contributed by atoms with Crippen molar-refractivity contribution in [2.24, 2.45) is 5.41 Å². The van der Waals surface area contributed by atoms with Crippen LogP contribution in [0.5, 0.6) is 0 Å². The second kappa shape index (κ2) is 8.55. The van der Waals surface area contributed by atoms with Crippen LogP contribution in [-0.4, -0.2) is 47.7 Å². The number of nitrogens with zero attached hydrogens (tertiary/aromatic N) is 2. The summed E-state index contributed by atoms with van der Waals surface area (Å²) in [5, 5.41) is 0. The minimum Gasteiger partial charge on any atom is -0.342 e. The summed E-state index contributed by atoms with van der Waals surface area (Å²) >= 11 is 0. The standard InChI is InChI=1S/C23H34N2O2/c1-18(2)21-8-6-20(7-9-21)15-24-13-4-11-23(16-24)12-14-25(17-23)22(27)10-5-19(3)26/h6-9,18H,4-5,10-17H2,1-3H3. The van der Waals surface area contributed by atoms with E-state index in [9.17, 15) is 9.59 Å². The molecule has 1 aromatic rings. The molecule has 2 saturated heterocycles. The number of carbonyl (C=O) groups is 2. The highest BCUT2D eigenvalue weighted by atomic mass is 16.2. The molecule has 1 spiro atoms. The molecule has 1 unspecified atom stereocenters. The Morgan fingerprint density at radius 3 is 2.44 bits per heavy atom. The molecule has 1 atom stereocenters. The normalized spacial score (nSPS) is 23.3. The van der Waals surface area contributed by atoms with E-state index in [-0.39, 0.29) is 17.1 Å². The number of rotatable bonds is 6. The molecular formula is C23H34N2O2. The first-order chi connectivity index (χ1) is 12.9. The largest absolute Gasteiger partial charge is 0.342 e. The van der Waals surface area contributed by atoms with Gasteiger partial charge in [-0.05, 0) is 49.8 Å². The third-order valence-corrected chi connectivity index (χ3v) is 6.27. The molecule has 0 aromatic heterocycles. The quantitative estimate of drug-likeness (QED) is 0.760. The third kappa shape index (κ3) is 5.19. The lowest BCUT2D eigenvalue weighted by molar-refractivity contribution is -0.132. The van der Waals surface area contributed by atoms with E-state index < -0.39 is 0 Å². The molecule has 148 valence electrons. The fraction of sp³-hybridized carbons (Fsp3) is 0.652. The minimum absolute atomic E-state index is 0.101. The van der Waals surface area contributed by atoms with Crippen LogP contribution in [0.2, 0.25) is 0 Å². The number of Topliss-reactive ketones (excluding diaryl/α,β-unsaturated/α-hetero) is 1. The van der Waals surface area contributed by atoms with Crippen LogP contribution in [0.4, 0.5) is 0 Å². The van der Waals surface area contributed by atoms with Gasteiger partial charge in [-0.3, -0.25) is 9.69 Å². The predicted octanol–water partition coefficient (Wildman–Crippen LogP) is 3.99. The summed E-state index contributed by atoms with van der Waals surface area (Å²) in [5.74, 6) is 0.829. The molecule has 4 heteroatoms. The molecule has 1 aromatic carbocycles. The van der Waals surface area contributed by atoms with Crippen molar-refractivity contribution in [3.8, 4) is 0 Å². The monoisotopic (exact) mass is 370 g/mol. The van der Waals surface area contributed by atoms with Gasteiger partial charge in [-0.25, -0.2) is 0 Å². The van der Waals surface area contributed by atoms with Crippen LogP contribution >= 0.6 is 0 Å². The molecule has 2 aliphatic rings. The maximum atomic E-state index is 12.4. The second-order valence-electron chi connectivity index (χ2n) is 8.98. The van der Waals surface area contributed by atoms with E-state index in [1.807, 2.05) is 4.90 Å². The van der Waals surface area contributed by atoms with Gasteiger partial charge in [-0.15, -0.1) is 0 Å². The fourth-order valence-corrected chi connectivity index (χ4v) is 4.63. The zero-order valence-corrected chi connectivity index (χ0v) is 17.2. The van der Waals surface area contributed by atoms with E-state index in [0.717, 1.165) is 39.1 Å². The van der Waals surface area contributed by atoms with E-state index in [4.69, 9.17) is 0 Å². The lowest BCUT2D eigenvalue weighted by Crippen LogP contribution is -2.45. The number of piperidine rings is 1. The maximum absolute atomic E-state index is 12.4. The van der Waals surface area contributed by atoms with Gasteiger partial charge in [0.05, 0.1) is 0 Å². The molecule has 27 heavy (non-hydrogen) atoms. The summed E-state index contributed by atoms with van der Waals surface area (Å²) in [4.78, 5) is 28.1. The van der Waals surface area contributed by atoms with Gasteiger partial charge in [0, 0.05) is 44.4 Å². The molecule has 3 rings (SSSR count). The lowest BCUT2D eigenvalue weighted by atomic mass is 9.79. The van der Waals surface area contributed by atoms with E-state index >= 15 is 0 Å². The first-order valence-electron chi connectivity index (χ1n) is 10.5. The van der Waals surface area contributed by atoms with Crippen LogP contribution < -0.4 is 0 Å². The molecule has 2 heterocycles. The average Bonchev–Trinajstić information content (AvgIpc) is 3.03. The van der Waals surface area contributed by atoms with E-state index in [1.54, 1.807) is 6.92 Å². The zero-order chi connectivity index (χ0) is 19.4. The van der Waals surface area contributed by atoms with Gasteiger partial charge >= 0.3 is 0 Å². The molecule has 0 radical (unpaired) electrons. The Labute approximate surface area is 163 Å². The number of amides is 1. The molecule has 2 aliphatic heterocycles. The van der Waals surface area contributed by atoms with E-state index in [2.05, 4.69) is 43.0 Å². The van der Waals surface area contributed by atoms with Gasteiger partial charge in [0.15, 0.2) is 0 Å². The maximum Gasteiger partial charge on any atom is 0.223 e. The zero-order valence-electron chi connectivity index (χ0n) is 17.2. The smallest absolute Gasteiger partial charge is 0.223 e. The Bertz CT molecular complexity index is 667. The van der Waals surface area contributed by atoms with Gasteiger partial charge in [-0.2, -0.15) is 0 Å². The van der Waals surface area contributed by atoms with Crippen LogP contribution in [0.3, 0.4) is 0 Å². The van der Waals surface area contributed by atoms with Crippen molar-refractivity contribution in [2.75, 3.05) is 26.2 Å². The van der Waals surface area contributed by atoms with Gasteiger partial charge < -0.3 is 9.69 Å². The summed E-state index contributed by atoms with van der Waals surface area (Å²) < 4.78 is 0. The van der Waals surface area contributed by atoms with Crippen LogP contribution in [0.25, 0.3) is 0 Å². The highest BCUT2D eigenvalue weighted by Crippen LogP contribution is 2.39. The number of likely N-dealkylation sites (tertiary alicyclic amines) is 2. The molecular weight excluding hydrogens is 336 g/mol. The molecule has 0 N–H and O–H groups in total. The Hall–Kier alpha value is -1.68. The highest BCUT2D eigenvalue weighted by Gasteiger charge is 2.42. The predicted molar refractivity (Wildman–Crippen MR) is 109 cm³/mol. The van der Waals surface area contributed by atoms with Crippen LogP contribution in [0, 0.1) is 5.41 Å². The van der Waals surface area contributed by atoms with E-state index in [1.165, 1.54) is 24.0 Å². The third-order valence-electron chi connectivity index (χ3n) is 6.27. The van der Waals surface area contributed by atoms with Crippen molar-refractivity contribution in [3.05, 3.63) is 35.4 Å². The van der Waals surface area contributed by atoms with E-state index in [0.29, 0.717) is 18.8 Å². The second-order valence-corrected chi connectivity index (χ2v) is 8.98. The average molecular weight is 371 g/mol. The van der Waals surface area contributed by atoms with Crippen LogP contribution in [-0.2, 0) is 16.1 Å². The summed E-state index contributed by atoms with van der Waals surface area (Å²) in [6.45, 7) is 11.0. The van der Waals surface area contributed by atoms with Crippen molar-refractivity contribution in [1.29, 1.82) is 0 Å². The number of benzene rings is 1. The molecule has 1 amide bonds. The Kier molecular flexibility index (Phi) is 6.36. The SMILES string of the molecule is CC(=O)CCC(=O)N1CCC2(CCCN(Cc3ccc(C(C)C)cc3)C2)C1. The van der Waals surface area contributed by atoms with Crippen molar-refractivity contribution < 1.29 is 9.59 Å². The first kappa shape index (κ1) is 20.1. The van der Waals surface area contributed by atoms with Gasteiger partial charge in [0.25, 0.3) is 0 Å². The van der Waals surface area contributed by atoms with Gasteiger partial charge in [-0.1, -0.05) is 38.1 Å². The van der Waals surface area contributed by atoms with Crippen molar-refractivity contribution in [1.82, 2.24) is 9.80 Å². The number of hydrogen-bond acceptors (Lipinski definition) is 3. The number of hydrogen-bond donors (Lipinski definition) is 0. The van der Waals surface area contributed by atoms with Gasteiger partial charge in [0.2, 0.25) is 5.91 Å². The molecule has 0 aliphatic carbocycles. The lowest BCUT2D eigenvalue weighted by Gasteiger charge is -2.40. The molecule has 4 nitrogen and oxygen atoms in total. The van der Waals surface area contributed by atoms with Gasteiger partial charge in [0.1, 0.15) is 5.78 Å². The number of carbonyl (C=O) groups excluding carboxylic acids is 2. The van der Waals surface area contributed by atoms with Crippen LogP contribution in [0.1, 0.15) is 69.9 Å². The van der Waals surface area contributed by atoms with Crippen molar-refractivity contribution >= 4 is 11.7 Å². The van der Waals surface area contributed by atoms with Crippen molar-refractivity contribution in [3.63, 3.8) is 0 Å². The Morgan fingerprint density at radius 1 is 1.04 bits per heavy atom.